The Morgan fingerprint density at radius 1 is 0.905 bits per heavy atom. The maximum absolute atomic E-state index is 6.33. The molecule has 0 aromatic heterocycles. The largest absolute Gasteiger partial charge is 0.356 e. The van der Waals surface area contributed by atoms with Gasteiger partial charge in [0.2, 0.25) is 0 Å². The van der Waals surface area contributed by atoms with Crippen LogP contribution in [0.1, 0.15) is 50.6 Å². The van der Waals surface area contributed by atoms with Gasteiger partial charge in [0.05, 0.1) is 19.1 Å². The lowest BCUT2D eigenvalue weighted by atomic mass is 9.95. The number of terminal acetylenes is 1. The van der Waals surface area contributed by atoms with Crippen LogP contribution in [0.25, 0.3) is 0 Å². The minimum atomic E-state index is 0.172. The van der Waals surface area contributed by atoms with E-state index in [9.17, 15) is 0 Å². The van der Waals surface area contributed by atoms with Crippen LogP contribution in [0.15, 0.2) is 93.0 Å². The zero-order valence-electron chi connectivity index (χ0n) is 24.8. The van der Waals surface area contributed by atoms with Crippen LogP contribution in [-0.2, 0) is 0 Å². The summed E-state index contributed by atoms with van der Waals surface area (Å²) in [5.41, 5.74) is 3.78. The first-order valence-electron chi connectivity index (χ1n) is 15.1. The molecule has 1 aromatic rings. The first-order chi connectivity index (χ1) is 20.6. The Morgan fingerprint density at radius 2 is 1.62 bits per heavy atom. The first kappa shape index (κ1) is 32.0. The maximum Gasteiger partial charge on any atom is 0.140 e. The fraction of sp³-hybridized carbons (Fsp3) is 0.429. The van der Waals surface area contributed by atoms with Crippen LogP contribution in [0, 0.1) is 12.8 Å². The number of rotatable bonds is 6. The molecule has 0 saturated carbocycles. The molecule has 2 saturated heterocycles. The second kappa shape index (κ2) is 16.7. The smallest absolute Gasteiger partial charge is 0.140 e. The Hall–Kier alpha value is -2.88. The van der Waals surface area contributed by atoms with Gasteiger partial charge in [0, 0.05) is 54.9 Å². The predicted molar refractivity (Wildman–Crippen MR) is 181 cm³/mol. The van der Waals surface area contributed by atoms with Gasteiger partial charge in [-0.25, -0.2) is 4.99 Å². The van der Waals surface area contributed by atoms with Crippen LogP contribution in [0.5, 0.6) is 0 Å². The second-order valence-corrected chi connectivity index (χ2v) is 11.8. The number of allylic oxidation sites excluding steroid dienone is 7. The van der Waals surface area contributed by atoms with Crippen molar-refractivity contribution in [1.29, 1.82) is 0 Å². The molecule has 3 aliphatic heterocycles. The lowest BCUT2D eigenvalue weighted by Gasteiger charge is -2.40. The van der Waals surface area contributed by atoms with E-state index in [1.54, 1.807) is 0 Å². The summed E-state index contributed by atoms with van der Waals surface area (Å²) in [6.07, 6.45) is 28.9. The van der Waals surface area contributed by atoms with Gasteiger partial charge in [0.25, 0.3) is 0 Å². The Morgan fingerprint density at radius 3 is 2.31 bits per heavy atom. The molecule has 1 aromatic carbocycles. The van der Waals surface area contributed by atoms with Crippen LogP contribution < -0.4 is 0 Å². The highest BCUT2D eigenvalue weighted by Gasteiger charge is 2.29. The zero-order valence-corrected chi connectivity index (χ0v) is 26.3. The van der Waals surface area contributed by atoms with E-state index in [0.29, 0.717) is 6.54 Å². The van der Waals surface area contributed by atoms with Gasteiger partial charge in [-0.15, -0.1) is 12.8 Å². The van der Waals surface area contributed by atoms with Gasteiger partial charge in [0.15, 0.2) is 0 Å². The first-order valence-corrected chi connectivity index (χ1v) is 15.8. The quantitative estimate of drug-likeness (QED) is 0.317. The van der Waals surface area contributed by atoms with Gasteiger partial charge in [-0.3, -0.25) is 14.8 Å². The fourth-order valence-corrected chi connectivity index (χ4v) is 6.20. The van der Waals surface area contributed by atoms with Gasteiger partial charge < -0.3 is 4.90 Å². The number of likely N-dealkylation sites (tertiary alicyclic amines) is 1. The predicted octanol–water partition coefficient (Wildman–Crippen LogP) is 7.45. The van der Waals surface area contributed by atoms with Gasteiger partial charge >= 0.3 is 0 Å². The molecule has 0 bridgehead atoms. The molecule has 0 N–H and O–H groups in total. The van der Waals surface area contributed by atoms with Crippen molar-refractivity contribution in [1.82, 2.24) is 14.7 Å². The fourth-order valence-electron chi connectivity index (χ4n) is 5.92. The van der Waals surface area contributed by atoms with E-state index in [0.717, 1.165) is 74.0 Å². The number of halogens is 2. The van der Waals surface area contributed by atoms with Crippen molar-refractivity contribution in [2.75, 3.05) is 52.4 Å². The van der Waals surface area contributed by atoms with E-state index in [2.05, 4.69) is 83.1 Å². The molecule has 2 fully saturated rings. The third-order valence-corrected chi connectivity index (χ3v) is 8.62. The molecular weight excluding hydrogens is 561 g/mol. The van der Waals surface area contributed by atoms with Crippen molar-refractivity contribution in [3.63, 3.8) is 0 Å². The number of hydrogen-bond acceptors (Lipinski definition) is 5. The maximum atomic E-state index is 6.33. The molecular formula is C35H43Cl2N5. The van der Waals surface area contributed by atoms with E-state index in [-0.39, 0.29) is 6.04 Å². The molecule has 4 aliphatic rings. The Balaban J connectivity index is 0.00000198. The average Bonchev–Trinajstić information content (AvgIpc) is 3.43. The van der Waals surface area contributed by atoms with Crippen LogP contribution in [-0.4, -0.2) is 78.7 Å². The zero-order chi connectivity index (χ0) is 29.7. The van der Waals surface area contributed by atoms with Gasteiger partial charge in [-0.05, 0) is 55.5 Å². The van der Waals surface area contributed by atoms with Crippen molar-refractivity contribution in [3.8, 4) is 12.8 Å². The van der Waals surface area contributed by atoms with E-state index in [1.165, 1.54) is 42.4 Å². The van der Waals surface area contributed by atoms with Gasteiger partial charge in [-0.2, -0.15) is 0 Å². The number of aliphatic imine (C=N–C) groups is 2. The second-order valence-electron chi connectivity index (χ2n) is 10.9. The number of benzene rings is 1. The SMILES string of the molecule is C#C.C/C=C\C=C1/CN=C(CN2CCN(C(C3=CCC=C(Cl)C=C3)c3ccc(Cl)cc3)CC2)N=C1N1CCCCCC1. The minimum Gasteiger partial charge on any atom is -0.356 e. The summed E-state index contributed by atoms with van der Waals surface area (Å²) in [4.78, 5) is 17.7. The van der Waals surface area contributed by atoms with Crippen molar-refractivity contribution < 1.29 is 0 Å². The Kier molecular flexibility index (Phi) is 12.7. The van der Waals surface area contributed by atoms with Gasteiger partial charge in [-0.1, -0.05) is 84.6 Å². The van der Waals surface area contributed by atoms with Crippen LogP contribution in [0.3, 0.4) is 0 Å². The number of nitrogens with zero attached hydrogens (tertiary/aromatic N) is 5. The minimum absolute atomic E-state index is 0.172. The highest BCUT2D eigenvalue weighted by Crippen LogP contribution is 2.33. The summed E-state index contributed by atoms with van der Waals surface area (Å²) in [7, 11) is 0. The van der Waals surface area contributed by atoms with Crippen molar-refractivity contribution >= 4 is 34.9 Å². The van der Waals surface area contributed by atoms with E-state index in [1.807, 2.05) is 18.2 Å². The standard InChI is InChI=1S/C33H41Cl2N5.C2H2/c1-2-3-9-28-24-36-31(37-33(28)40-18-6-4-5-7-19-40)25-38-20-22-39(23-21-38)32(27-13-16-30(35)17-14-27)26-10-8-11-29(34)15-12-26;1-2/h2-3,9-17,32H,4-8,18-25H2,1H3;1-2H/b3-2-,28-9+;. The summed E-state index contributed by atoms with van der Waals surface area (Å²) < 4.78 is 0. The average molecular weight is 605 g/mol. The highest BCUT2D eigenvalue weighted by atomic mass is 35.5. The summed E-state index contributed by atoms with van der Waals surface area (Å²) in [6.45, 7) is 9.67. The summed E-state index contributed by atoms with van der Waals surface area (Å²) in [5, 5.41) is 1.56. The third-order valence-electron chi connectivity index (χ3n) is 8.09. The molecule has 222 valence electrons. The van der Waals surface area contributed by atoms with Crippen LogP contribution in [0.4, 0.5) is 0 Å². The molecule has 1 aliphatic carbocycles. The number of hydrogen-bond donors (Lipinski definition) is 0. The van der Waals surface area contributed by atoms with Crippen LogP contribution in [0.2, 0.25) is 5.02 Å². The van der Waals surface area contributed by atoms with Crippen molar-refractivity contribution in [3.05, 3.63) is 93.6 Å². The summed E-state index contributed by atoms with van der Waals surface area (Å²) >= 11 is 12.6. The number of amidine groups is 2. The Labute approximate surface area is 262 Å². The number of piperazine rings is 1. The molecule has 1 atom stereocenters. The van der Waals surface area contributed by atoms with E-state index >= 15 is 0 Å². The molecule has 5 rings (SSSR count). The van der Waals surface area contributed by atoms with Gasteiger partial charge in [0.1, 0.15) is 11.7 Å². The lowest BCUT2D eigenvalue weighted by molar-refractivity contribution is 0.120. The molecule has 0 radical (unpaired) electrons. The Bertz CT molecular complexity index is 1270. The van der Waals surface area contributed by atoms with Crippen molar-refractivity contribution in [2.24, 2.45) is 9.98 Å². The molecule has 42 heavy (non-hydrogen) atoms. The van der Waals surface area contributed by atoms with E-state index in [4.69, 9.17) is 33.2 Å². The third kappa shape index (κ3) is 8.82. The highest BCUT2D eigenvalue weighted by molar-refractivity contribution is 6.31. The van der Waals surface area contributed by atoms with Crippen LogP contribution >= 0.6 is 23.2 Å². The molecule has 1 unspecified atom stereocenters. The molecule has 0 spiro atoms. The summed E-state index contributed by atoms with van der Waals surface area (Å²) in [6, 6.07) is 8.47. The molecule has 7 heteroatoms. The summed E-state index contributed by atoms with van der Waals surface area (Å²) in [5.74, 6) is 2.11. The topological polar surface area (TPSA) is 34.4 Å². The van der Waals surface area contributed by atoms with E-state index < -0.39 is 0 Å². The molecule has 3 heterocycles. The normalized spacial score (nSPS) is 22.3. The lowest BCUT2D eigenvalue weighted by Crippen LogP contribution is -2.49. The monoisotopic (exact) mass is 603 g/mol. The molecule has 0 amide bonds. The van der Waals surface area contributed by atoms with Crippen molar-refractivity contribution in [2.45, 2.75) is 45.1 Å². The molecule has 5 nitrogen and oxygen atoms in total.